The highest BCUT2D eigenvalue weighted by Crippen LogP contribution is 2.28. The average Bonchev–Trinajstić information content (AvgIpc) is 3.05. The molecule has 1 fully saturated rings. The molecule has 5 nitrogen and oxygen atoms in total. The lowest BCUT2D eigenvalue weighted by atomic mass is 9.97. The van der Waals surface area contributed by atoms with Crippen LogP contribution in [-0.2, 0) is 9.59 Å². The van der Waals surface area contributed by atoms with Crippen molar-refractivity contribution in [2.45, 2.75) is 19.1 Å². The number of rotatable bonds is 6. The van der Waals surface area contributed by atoms with Gasteiger partial charge in [0.2, 0.25) is 11.8 Å². The Balaban J connectivity index is 1.90. The molecule has 3 rings (SSSR count). The van der Waals surface area contributed by atoms with Crippen LogP contribution in [0, 0.1) is 5.92 Å². The molecule has 0 spiro atoms. The number of amides is 2. The van der Waals surface area contributed by atoms with E-state index >= 15 is 0 Å². The molecule has 2 aromatic carbocycles. The van der Waals surface area contributed by atoms with Crippen molar-refractivity contribution < 1.29 is 23.1 Å². The zero-order valence-electron chi connectivity index (χ0n) is 14.1. The van der Waals surface area contributed by atoms with E-state index in [2.05, 4.69) is 15.4 Å². The molecule has 0 aromatic heterocycles. The van der Waals surface area contributed by atoms with Crippen LogP contribution in [0.4, 0.5) is 8.78 Å². The molecule has 27 heavy (non-hydrogen) atoms. The van der Waals surface area contributed by atoms with Gasteiger partial charge in [-0.15, -0.1) is 0 Å². The van der Waals surface area contributed by atoms with Gasteiger partial charge in [0.1, 0.15) is 5.75 Å². The molecular formula is C19H17ClF2N2O3. The highest BCUT2D eigenvalue weighted by molar-refractivity contribution is 6.30. The van der Waals surface area contributed by atoms with Gasteiger partial charge in [-0.1, -0.05) is 35.9 Å². The number of hydrogen-bond acceptors (Lipinski definition) is 3. The minimum Gasteiger partial charge on any atom is -0.435 e. The number of alkyl halides is 2. The Labute approximate surface area is 159 Å². The second kappa shape index (κ2) is 8.35. The van der Waals surface area contributed by atoms with E-state index in [-0.39, 0.29) is 30.5 Å². The first-order valence-corrected chi connectivity index (χ1v) is 8.67. The molecule has 1 heterocycles. The molecule has 2 amide bonds. The quantitative estimate of drug-likeness (QED) is 0.790. The van der Waals surface area contributed by atoms with Crippen LogP contribution in [0.3, 0.4) is 0 Å². The predicted octanol–water partition coefficient (Wildman–Crippen LogP) is 3.28. The summed E-state index contributed by atoms with van der Waals surface area (Å²) in [6.45, 7) is -2.68. The lowest BCUT2D eigenvalue weighted by Gasteiger charge is -2.22. The van der Waals surface area contributed by atoms with E-state index in [1.807, 2.05) is 0 Å². The van der Waals surface area contributed by atoms with Crippen LogP contribution in [0.15, 0.2) is 48.5 Å². The summed E-state index contributed by atoms with van der Waals surface area (Å²) in [5.74, 6) is -0.985. The van der Waals surface area contributed by atoms with Crippen LogP contribution in [0.1, 0.15) is 23.6 Å². The molecule has 2 atom stereocenters. The number of hydrogen-bond donors (Lipinski definition) is 2. The van der Waals surface area contributed by atoms with E-state index in [4.69, 9.17) is 11.6 Å². The van der Waals surface area contributed by atoms with Crippen LogP contribution in [0.25, 0.3) is 0 Å². The number of benzene rings is 2. The zero-order chi connectivity index (χ0) is 19.4. The Bertz CT molecular complexity index is 847. The van der Waals surface area contributed by atoms with Crippen molar-refractivity contribution in [3.05, 3.63) is 64.7 Å². The molecule has 0 radical (unpaired) electrons. The fraction of sp³-hybridized carbons (Fsp3) is 0.263. The first-order valence-electron chi connectivity index (χ1n) is 8.29. The van der Waals surface area contributed by atoms with Gasteiger partial charge < -0.3 is 15.4 Å². The van der Waals surface area contributed by atoms with Gasteiger partial charge in [-0.25, -0.2) is 0 Å². The molecule has 2 aromatic rings. The van der Waals surface area contributed by atoms with E-state index in [0.29, 0.717) is 16.1 Å². The van der Waals surface area contributed by atoms with E-state index in [1.165, 1.54) is 12.1 Å². The van der Waals surface area contributed by atoms with Crippen molar-refractivity contribution in [2.24, 2.45) is 5.92 Å². The molecule has 0 saturated carbocycles. The summed E-state index contributed by atoms with van der Waals surface area (Å²) in [4.78, 5) is 24.0. The highest BCUT2D eigenvalue weighted by atomic mass is 35.5. The van der Waals surface area contributed by atoms with Crippen molar-refractivity contribution in [3.63, 3.8) is 0 Å². The van der Waals surface area contributed by atoms with Gasteiger partial charge >= 0.3 is 6.61 Å². The van der Waals surface area contributed by atoms with Crippen molar-refractivity contribution in [1.29, 1.82) is 0 Å². The fourth-order valence-electron chi connectivity index (χ4n) is 2.97. The minimum atomic E-state index is -2.95. The number of nitrogens with one attached hydrogen (secondary N) is 2. The monoisotopic (exact) mass is 394 g/mol. The molecule has 1 unspecified atom stereocenters. The maximum Gasteiger partial charge on any atom is 0.387 e. The molecule has 1 aliphatic rings. The third kappa shape index (κ3) is 4.95. The van der Waals surface area contributed by atoms with Gasteiger partial charge in [-0.3, -0.25) is 9.59 Å². The van der Waals surface area contributed by atoms with Gasteiger partial charge in [0.25, 0.3) is 0 Å². The zero-order valence-corrected chi connectivity index (χ0v) is 14.9. The van der Waals surface area contributed by atoms with Gasteiger partial charge in [0.15, 0.2) is 0 Å². The Morgan fingerprint density at radius 2 is 1.89 bits per heavy atom. The van der Waals surface area contributed by atoms with E-state index < -0.39 is 18.6 Å². The highest BCUT2D eigenvalue weighted by Gasteiger charge is 2.30. The smallest absolute Gasteiger partial charge is 0.387 e. The summed E-state index contributed by atoms with van der Waals surface area (Å²) in [6.07, 6.45) is 0.114. The normalized spacial score (nSPS) is 17.5. The van der Waals surface area contributed by atoms with Crippen LogP contribution in [0.5, 0.6) is 5.75 Å². The van der Waals surface area contributed by atoms with Crippen molar-refractivity contribution in [3.8, 4) is 5.75 Å². The first kappa shape index (κ1) is 19.1. The summed E-state index contributed by atoms with van der Waals surface area (Å²) in [5.41, 5.74) is 1.24. The minimum absolute atomic E-state index is 0.0125. The maximum atomic E-state index is 12.6. The van der Waals surface area contributed by atoms with Crippen LogP contribution < -0.4 is 15.4 Å². The molecule has 1 saturated heterocycles. The topological polar surface area (TPSA) is 67.4 Å². The molecule has 8 heteroatoms. The maximum absolute atomic E-state index is 12.6. The van der Waals surface area contributed by atoms with Gasteiger partial charge in [-0.05, 0) is 35.4 Å². The molecular weight excluding hydrogens is 378 g/mol. The fourth-order valence-corrected chi connectivity index (χ4v) is 3.16. The Morgan fingerprint density at radius 1 is 1.19 bits per heavy atom. The Morgan fingerprint density at radius 3 is 2.52 bits per heavy atom. The van der Waals surface area contributed by atoms with Crippen molar-refractivity contribution in [2.75, 3.05) is 6.54 Å². The summed E-state index contributed by atoms with van der Waals surface area (Å²) >= 11 is 6.07. The third-order valence-corrected chi connectivity index (χ3v) is 4.47. The summed E-state index contributed by atoms with van der Waals surface area (Å²) < 4.78 is 29.5. The standard InChI is InChI=1S/C19H17ClF2N2O3/c20-14-5-1-3-11(7-14)17(24-18(26)13-9-16(25)23-10-13)12-4-2-6-15(8-12)27-19(21)22/h1-8,13,17,19H,9-10H2,(H,23,25)(H,24,26)/t13-,17?/m0/s1. The van der Waals surface area contributed by atoms with Crippen LogP contribution in [-0.4, -0.2) is 25.0 Å². The van der Waals surface area contributed by atoms with E-state index in [1.54, 1.807) is 36.4 Å². The lowest BCUT2D eigenvalue weighted by molar-refractivity contribution is -0.126. The molecule has 2 N–H and O–H groups in total. The second-order valence-corrected chi connectivity index (χ2v) is 6.59. The Hall–Kier alpha value is -2.67. The molecule has 142 valence electrons. The van der Waals surface area contributed by atoms with Gasteiger partial charge in [0, 0.05) is 18.0 Å². The number of carbonyl (C=O) groups is 2. The average molecular weight is 395 g/mol. The van der Waals surface area contributed by atoms with Gasteiger partial charge in [0.05, 0.1) is 12.0 Å². The third-order valence-electron chi connectivity index (χ3n) is 4.23. The van der Waals surface area contributed by atoms with Crippen molar-refractivity contribution in [1.82, 2.24) is 10.6 Å². The van der Waals surface area contributed by atoms with Crippen LogP contribution >= 0.6 is 11.6 Å². The summed E-state index contributed by atoms with van der Waals surface area (Å²) in [5, 5.41) is 5.98. The summed E-state index contributed by atoms with van der Waals surface area (Å²) in [6, 6.07) is 12.4. The number of carbonyl (C=O) groups excluding carboxylic acids is 2. The van der Waals surface area contributed by atoms with Gasteiger partial charge in [-0.2, -0.15) is 8.78 Å². The lowest BCUT2D eigenvalue weighted by Crippen LogP contribution is -2.35. The van der Waals surface area contributed by atoms with E-state index in [9.17, 15) is 18.4 Å². The van der Waals surface area contributed by atoms with E-state index in [0.717, 1.165) is 0 Å². The molecule has 0 aliphatic carbocycles. The summed E-state index contributed by atoms with van der Waals surface area (Å²) in [7, 11) is 0. The SMILES string of the molecule is O=C1C[C@H](C(=O)NC(c2cccc(Cl)c2)c2cccc(OC(F)F)c2)CN1. The number of halogens is 3. The molecule has 0 bridgehead atoms. The largest absolute Gasteiger partial charge is 0.435 e. The first-order chi connectivity index (χ1) is 12.9. The Kier molecular flexibility index (Phi) is 5.91. The predicted molar refractivity (Wildman–Crippen MR) is 95.6 cm³/mol. The number of ether oxygens (including phenoxy) is 1. The van der Waals surface area contributed by atoms with Crippen molar-refractivity contribution >= 4 is 23.4 Å². The van der Waals surface area contributed by atoms with Crippen LogP contribution in [0.2, 0.25) is 5.02 Å². The second-order valence-electron chi connectivity index (χ2n) is 6.15. The molecule has 1 aliphatic heterocycles.